The maximum atomic E-state index is 8.76. The molecule has 2 saturated heterocycles. The van der Waals surface area contributed by atoms with E-state index in [9.17, 15) is 0 Å². The van der Waals surface area contributed by atoms with Crippen molar-refractivity contribution in [1.82, 2.24) is 0 Å². The number of ether oxygens (including phenoxy) is 4. The first-order chi connectivity index (χ1) is 10.6. The average molecular weight is 305 g/mol. The van der Waals surface area contributed by atoms with Crippen LogP contribution in [0.3, 0.4) is 0 Å². The number of hydrogen-bond acceptors (Lipinski definition) is 5. The van der Waals surface area contributed by atoms with E-state index in [4.69, 9.17) is 24.5 Å². The molecule has 0 amide bonds. The van der Waals surface area contributed by atoms with E-state index in [0.29, 0.717) is 13.2 Å². The number of nitrogens with zero attached hydrogens (tertiary/aromatic N) is 3. The zero-order chi connectivity index (χ0) is 15.6. The normalized spacial score (nSPS) is 32.5. The van der Waals surface area contributed by atoms with Crippen molar-refractivity contribution in [1.29, 1.82) is 0 Å². The summed E-state index contributed by atoms with van der Waals surface area (Å²) in [5.74, 6) is -0.728. The van der Waals surface area contributed by atoms with Gasteiger partial charge in [-0.2, -0.15) is 0 Å². The van der Waals surface area contributed by atoms with Gasteiger partial charge in [0, 0.05) is 4.91 Å². The molecule has 1 aromatic rings. The topological polar surface area (TPSA) is 85.7 Å². The summed E-state index contributed by atoms with van der Waals surface area (Å²) in [6.45, 7) is 4.41. The van der Waals surface area contributed by atoms with Crippen LogP contribution in [-0.2, 0) is 25.6 Å². The number of azide groups is 1. The summed E-state index contributed by atoms with van der Waals surface area (Å²) in [6.07, 6.45) is -1.28. The molecule has 118 valence electrons. The van der Waals surface area contributed by atoms with Crippen molar-refractivity contribution in [2.45, 2.75) is 50.8 Å². The molecule has 7 nitrogen and oxygen atoms in total. The predicted molar refractivity (Wildman–Crippen MR) is 77.7 cm³/mol. The summed E-state index contributed by atoms with van der Waals surface area (Å²) >= 11 is 0. The number of rotatable bonds is 5. The van der Waals surface area contributed by atoms with Gasteiger partial charge in [-0.05, 0) is 24.9 Å². The third-order valence-electron chi connectivity index (χ3n) is 3.69. The highest BCUT2D eigenvalue weighted by atomic mass is 16.8. The first kappa shape index (κ1) is 15.3. The van der Waals surface area contributed by atoms with Gasteiger partial charge in [0.2, 0.25) is 0 Å². The van der Waals surface area contributed by atoms with Gasteiger partial charge >= 0.3 is 0 Å². The van der Waals surface area contributed by atoms with Crippen LogP contribution >= 0.6 is 0 Å². The van der Waals surface area contributed by atoms with E-state index >= 15 is 0 Å². The molecule has 0 N–H and O–H groups in total. The zero-order valence-electron chi connectivity index (χ0n) is 12.6. The fourth-order valence-corrected chi connectivity index (χ4v) is 2.76. The molecular weight excluding hydrogens is 286 g/mol. The molecule has 0 bridgehead atoms. The third kappa shape index (κ3) is 3.24. The van der Waals surface area contributed by atoms with Crippen LogP contribution in [0.4, 0.5) is 0 Å². The second-order valence-electron chi connectivity index (χ2n) is 5.84. The van der Waals surface area contributed by atoms with Crippen molar-refractivity contribution in [3.8, 4) is 0 Å². The Morgan fingerprint density at radius 3 is 2.77 bits per heavy atom. The van der Waals surface area contributed by atoms with Gasteiger partial charge in [0.25, 0.3) is 0 Å². The molecule has 0 spiro atoms. The second kappa shape index (κ2) is 6.24. The summed E-state index contributed by atoms with van der Waals surface area (Å²) < 4.78 is 22.9. The standard InChI is InChI=1S/C15H19N3O4/c1-15(2)21-13-12(17-18-16)11(20-14(13)22-15)9-19-8-10-6-4-3-5-7-10/h3-7,11-14H,8-9H2,1-2H3/t11-,12+,13?,14+/m1/s1. The molecule has 0 aromatic heterocycles. The van der Waals surface area contributed by atoms with Gasteiger partial charge in [0.1, 0.15) is 6.10 Å². The number of fused-ring (bicyclic) bond motifs is 1. The van der Waals surface area contributed by atoms with Crippen LogP contribution in [-0.4, -0.2) is 36.9 Å². The molecule has 22 heavy (non-hydrogen) atoms. The molecule has 2 fully saturated rings. The van der Waals surface area contributed by atoms with Crippen LogP contribution < -0.4 is 0 Å². The zero-order valence-corrected chi connectivity index (χ0v) is 12.6. The Labute approximate surface area is 128 Å². The summed E-state index contributed by atoms with van der Waals surface area (Å²) in [6, 6.07) is 9.41. The van der Waals surface area contributed by atoms with Gasteiger partial charge in [0.15, 0.2) is 12.1 Å². The highest BCUT2D eigenvalue weighted by Gasteiger charge is 2.54. The first-order valence-electron chi connectivity index (χ1n) is 7.26. The van der Waals surface area contributed by atoms with Crippen LogP contribution in [0.5, 0.6) is 0 Å². The van der Waals surface area contributed by atoms with Crippen LogP contribution in [0.1, 0.15) is 19.4 Å². The van der Waals surface area contributed by atoms with E-state index < -0.39 is 24.2 Å². The fraction of sp³-hybridized carbons (Fsp3) is 0.600. The Bertz CT molecular complexity index is 559. The maximum absolute atomic E-state index is 8.76. The van der Waals surface area contributed by atoms with Gasteiger partial charge in [-0.1, -0.05) is 35.4 Å². The molecule has 2 heterocycles. The summed E-state index contributed by atoms with van der Waals surface area (Å²) in [7, 11) is 0. The average Bonchev–Trinajstić information content (AvgIpc) is 2.94. The van der Waals surface area contributed by atoms with Gasteiger partial charge in [0.05, 0.1) is 25.4 Å². The molecule has 2 aliphatic rings. The van der Waals surface area contributed by atoms with Gasteiger partial charge in [-0.3, -0.25) is 0 Å². The minimum Gasteiger partial charge on any atom is -0.374 e. The van der Waals surface area contributed by atoms with Gasteiger partial charge < -0.3 is 18.9 Å². The molecule has 0 aliphatic carbocycles. The molecule has 0 radical (unpaired) electrons. The van der Waals surface area contributed by atoms with Crippen molar-refractivity contribution in [3.05, 3.63) is 46.3 Å². The largest absolute Gasteiger partial charge is 0.374 e. The van der Waals surface area contributed by atoms with E-state index in [1.54, 1.807) is 0 Å². The summed E-state index contributed by atoms with van der Waals surface area (Å²) in [4.78, 5) is 2.90. The van der Waals surface area contributed by atoms with Crippen molar-refractivity contribution < 1.29 is 18.9 Å². The number of benzene rings is 1. The van der Waals surface area contributed by atoms with Crippen molar-refractivity contribution >= 4 is 0 Å². The highest BCUT2D eigenvalue weighted by molar-refractivity contribution is 5.13. The SMILES string of the molecule is CC1(C)OC2[C@@H](O[C@H](COCc3ccccc3)[C@@H]2N=[N+]=[N-])O1. The Hall–Kier alpha value is -1.63. The molecule has 1 aromatic carbocycles. The number of hydrogen-bond donors (Lipinski definition) is 0. The summed E-state index contributed by atoms with van der Waals surface area (Å²) in [5.41, 5.74) is 9.84. The van der Waals surface area contributed by atoms with Crippen LogP contribution in [0.2, 0.25) is 0 Å². The highest BCUT2D eigenvalue weighted by Crippen LogP contribution is 2.38. The molecule has 0 saturated carbocycles. The van der Waals surface area contributed by atoms with E-state index in [-0.39, 0.29) is 6.10 Å². The lowest BCUT2D eigenvalue weighted by molar-refractivity contribution is -0.211. The minimum absolute atomic E-state index is 0.318. The second-order valence-corrected chi connectivity index (χ2v) is 5.84. The van der Waals surface area contributed by atoms with Crippen molar-refractivity contribution in [3.63, 3.8) is 0 Å². The molecule has 7 heteroatoms. The van der Waals surface area contributed by atoms with Crippen LogP contribution in [0.25, 0.3) is 10.4 Å². The molecule has 1 unspecified atom stereocenters. The maximum Gasteiger partial charge on any atom is 0.188 e. The van der Waals surface area contributed by atoms with E-state index in [0.717, 1.165) is 5.56 Å². The lowest BCUT2D eigenvalue weighted by Crippen LogP contribution is -2.35. The monoisotopic (exact) mass is 305 g/mol. The first-order valence-corrected chi connectivity index (χ1v) is 7.26. The molecule has 4 atom stereocenters. The third-order valence-corrected chi connectivity index (χ3v) is 3.69. The van der Waals surface area contributed by atoms with E-state index in [2.05, 4.69) is 10.0 Å². The van der Waals surface area contributed by atoms with E-state index in [1.165, 1.54) is 0 Å². The van der Waals surface area contributed by atoms with Gasteiger partial charge in [-0.15, -0.1) is 0 Å². The Morgan fingerprint density at radius 2 is 2.05 bits per heavy atom. The lowest BCUT2D eigenvalue weighted by atomic mass is 10.1. The van der Waals surface area contributed by atoms with Crippen LogP contribution in [0.15, 0.2) is 35.4 Å². The van der Waals surface area contributed by atoms with Crippen LogP contribution in [0, 0.1) is 0 Å². The molecule has 2 aliphatic heterocycles. The molecular formula is C15H19N3O4. The Kier molecular flexibility index (Phi) is 4.33. The fourth-order valence-electron chi connectivity index (χ4n) is 2.76. The van der Waals surface area contributed by atoms with Crippen molar-refractivity contribution in [2.24, 2.45) is 5.11 Å². The minimum atomic E-state index is -0.728. The summed E-state index contributed by atoms with van der Waals surface area (Å²) in [5, 5.41) is 3.81. The van der Waals surface area contributed by atoms with Crippen molar-refractivity contribution in [2.75, 3.05) is 6.61 Å². The molecule has 3 rings (SSSR count). The lowest BCUT2D eigenvalue weighted by Gasteiger charge is -2.23. The quantitative estimate of drug-likeness (QED) is 0.475. The van der Waals surface area contributed by atoms with Gasteiger partial charge in [-0.25, -0.2) is 0 Å². The van der Waals surface area contributed by atoms with E-state index in [1.807, 2.05) is 44.2 Å². The smallest absolute Gasteiger partial charge is 0.188 e. The predicted octanol–water partition coefficient (Wildman–Crippen LogP) is 2.76. The Morgan fingerprint density at radius 1 is 1.27 bits per heavy atom. The Balaban J connectivity index is 1.58.